The third-order valence-corrected chi connectivity index (χ3v) is 3.95. The van der Waals surface area contributed by atoms with Crippen molar-refractivity contribution >= 4 is 11.8 Å². The number of benzene rings is 2. The van der Waals surface area contributed by atoms with E-state index in [1.807, 2.05) is 0 Å². The topological polar surface area (TPSA) is 9.23 Å². The Kier molecular flexibility index (Phi) is 3.97. The van der Waals surface area contributed by atoms with Crippen molar-refractivity contribution in [2.45, 2.75) is 18.7 Å². The molecule has 1 nitrogen and oxygen atoms in total. The smallest absolute Gasteiger partial charge is 0.125 e. The third kappa shape index (κ3) is 2.39. The highest BCUT2D eigenvalue weighted by Gasteiger charge is 2.09. The van der Waals surface area contributed by atoms with Gasteiger partial charge < -0.3 is 4.74 Å². The summed E-state index contributed by atoms with van der Waals surface area (Å²) in [6, 6.07) is 12.9. The first-order valence-corrected chi connectivity index (χ1v) is 7.18. The third-order valence-electron chi connectivity index (χ3n) is 3.21. The van der Waals surface area contributed by atoms with Crippen molar-refractivity contribution in [3.8, 4) is 16.9 Å². The molecule has 0 aliphatic heterocycles. The van der Waals surface area contributed by atoms with E-state index in [2.05, 4.69) is 56.5 Å². The summed E-state index contributed by atoms with van der Waals surface area (Å²) in [5, 5.41) is 0. The molecule has 2 heteroatoms. The fourth-order valence-corrected chi connectivity index (χ4v) is 2.63. The lowest BCUT2D eigenvalue weighted by molar-refractivity contribution is 0.409. The molecule has 0 atom stereocenters. The number of ether oxygens (including phenoxy) is 1. The van der Waals surface area contributed by atoms with Gasteiger partial charge in [0.2, 0.25) is 0 Å². The first-order valence-electron chi connectivity index (χ1n) is 5.96. The molecule has 0 radical (unpaired) electrons. The van der Waals surface area contributed by atoms with Gasteiger partial charge in [0, 0.05) is 4.90 Å². The molecule has 0 aromatic heterocycles. The molecular weight excluding hydrogens is 240 g/mol. The van der Waals surface area contributed by atoms with Gasteiger partial charge in [0.05, 0.1) is 7.11 Å². The van der Waals surface area contributed by atoms with E-state index in [4.69, 9.17) is 4.74 Å². The van der Waals surface area contributed by atoms with Crippen LogP contribution in [0, 0.1) is 13.8 Å². The minimum Gasteiger partial charge on any atom is -0.496 e. The van der Waals surface area contributed by atoms with Gasteiger partial charge in [-0.15, -0.1) is 11.8 Å². The van der Waals surface area contributed by atoms with E-state index in [0.29, 0.717) is 0 Å². The second-order valence-corrected chi connectivity index (χ2v) is 5.20. The van der Waals surface area contributed by atoms with Gasteiger partial charge in [-0.1, -0.05) is 24.3 Å². The summed E-state index contributed by atoms with van der Waals surface area (Å²) < 4.78 is 5.48. The van der Waals surface area contributed by atoms with E-state index in [0.717, 1.165) is 5.75 Å². The van der Waals surface area contributed by atoms with E-state index < -0.39 is 0 Å². The van der Waals surface area contributed by atoms with Crippen molar-refractivity contribution in [2.75, 3.05) is 13.4 Å². The quantitative estimate of drug-likeness (QED) is 0.738. The summed E-state index contributed by atoms with van der Waals surface area (Å²) in [4.78, 5) is 1.29. The molecule has 94 valence electrons. The van der Waals surface area contributed by atoms with Crippen LogP contribution in [0.15, 0.2) is 41.3 Å². The molecule has 0 N–H and O–H groups in total. The molecule has 0 bridgehead atoms. The maximum Gasteiger partial charge on any atom is 0.125 e. The summed E-state index contributed by atoms with van der Waals surface area (Å²) in [6.45, 7) is 4.19. The van der Waals surface area contributed by atoms with E-state index in [-0.39, 0.29) is 0 Å². The van der Waals surface area contributed by atoms with Gasteiger partial charge >= 0.3 is 0 Å². The molecule has 0 unspecified atom stereocenters. The van der Waals surface area contributed by atoms with Crippen LogP contribution >= 0.6 is 11.8 Å². The average molecular weight is 258 g/mol. The van der Waals surface area contributed by atoms with E-state index in [1.165, 1.54) is 27.1 Å². The molecule has 0 heterocycles. The van der Waals surface area contributed by atoms with Crippen molar-refractivity contribution in [1.82, 2.24) is 0 Å². The van der Waals surface area contributed by atoms with Crippen LogP contribution in [0.2, 0.25) is 0 Å². The maximum absolute atomic E-state index is 5.48. The lowest BCUT2D eigenvalue weighted by atomic mass is 9.98. The summed E-state index contributed by atoms with van der Waals surface area (Å²) in [5.41, 5.74) is 4.86. The molecule has 0 amide bonds. The zero-order chi connectivity index (χ0) is 13.1. The van der Waals surface area contributed by atoms with Gasteiger partial charge in [0.15, 0.2) is 0 Å². The van der Waals surface area contributed by atoms with Crippen LogP contribution in [0.1, 0.15) is 11.1 Å². The van der Waals surface area contributed by atoms with Crippen molar-refractivity contribution in [1.29, 1.82) is 0 Å². The molecule has 2 aromatic carbocycles. The second-order valence-electron chi connectivity index (χ2n) is 4.32. The van der Waals surface area contributed by atoms with Crippen LogP contribution in [-0.4, -0.2) is 13.4 Å². The molecule has 0 spiro atoms. The molecular formula is C16H18OS. The van der Waals surface area contributed by atoms with Crippen molar-refractivity contribution in [2.24, 2.45) is 0 Å². The highest BCUT2D eigenvalue weighted by Crippen LogP contribution is 2.33. The average Bonchev–Trinajstić information content (AvgIpc) is 2.40. The van der Waals surface area contributed by atoms with E-state index in [1.54, 1.807) is 18.9 Å². The SMILES string of the molecule is COc1c(C)ccc(-c2ccc(SC)cc2)c1C. The first-order chi connectivity index (χ1) is 8.67. The summed E-state index contributed by atoms with van der Waals surface area (Å²) in [5.74, 6) is 0.987. The Morgan fingerprint density at radius 1 is 0.944 bits per heavy atom. The lowest BCUT2D eigenvalue weighted by Crippen LogP contribution is -1.93. The predicted molar refractivity (Wildman–Crippen MR) is 79.7 cm³/mol. The number of hydrogen-bond acceptors (Lipinski definition) is 2. The highest BCUT2D eigenvalue weighted by molar-refractivity contribution is 7.98. The first kappa shape index (κ1) is 13.0. The van der Waals surface area contributed by atoms with Crippen molar-refractivity contribution in [3.05, 3.63) is 47.5 Å². The summed E-state index contributed by atoms with van der Waals surface area (Å²) >= 11 is 1.76. The number of aryl methyl sites for hydroxylation is 1. The minimum atomic E-state index is 0.987. The van der Waals surface area contributed by atoms with E-state index >= 15 is 0 Å². The molecule has 0 saturated heterocycles. The van der Waals surface area contributed by atoms with Crippen LogP contribution in [0.4, 0.5) is 0 Å². The highest BCUT2D eigenvalue weighted by atomic mass is 32.2. The largest absolute Gasteiger partial charge is 0.496 e. The molecule has 0 fully saturated rings. The fraction of sp³-hybridized carbons (Fsp3) is 0.250. The summed E-state index contributed by atoms with van der Waals surface area (Å²) in [6.07, 6.45) is 2.09. The Morgan fingerprint density at radius 3 is 2.17 bits per heavy atom. The van der Waals surface area contributed by atoms with Crippen LogP contribution in [0.3, 0.4) is 0 Å². The maximum atomic E-state index is 5.48. The monoisotopic (exact) mass is 258 g/mol. The number of methoxy groups -OCH3 is 1. The van der Waals surface area contributed by atoms with E-state index in [9.17, 15) is 0 Å². The number of thioether (sulfide) groups is 1. The van der Waals surface area contributed by atoms with Crippen LogP contribution < -0.4 is 4.74 Å². The number of hydrogen-bond donors (Lipinski definition) is 0. The second kappa shape index (κ2) is 5.49. The summed E-state index contributed by atoms with van der Waals surface area (Å²) in [7, 11) is 1.73. The van der Waals surface area contributed by atoms with Crippen molar-refractivity contribution < 1.29 is 4.74 Å². The van der Waals surface area contributed by atoms with Crippen LogP contribution in [0.25, 0.3) is 11.1 Å². The lowest BCUT2D eigenvalue weighted by Gasteiger charge is -2.13. The molecule has 2 aromatic rings. The van der Waals surface area contributed by atoms with Gasteiger partial charge in [-0.2, -0.15) is 0 Å². The van der Waals surface area contributed by atoms with Crippen LogP contribution in [-0.2, 0) is 0 Å². The Balaban J connectivity index is 2.50. The molecule has 0 aliphatic carbocycles. The molecule has 2 rings (SSSR count). The molecule has 18 heavy (non-hydrogen) atoms. The normalized spacial score (nSPS) is 10.4. The van der Waals surface area contributed by atoms with Crippen molar-refractivity contribution in [3.63, 3.8) is 0 Å². The van der Waals surface area contributed by atoms with Gasteiger partial charge in [-0.05, 0) is 54.5 Å². The Hall–Kier alpha value is -1.41. The van der Waals surface area contributed by atoms with Gasteiger partial charge in [-0.3, -0.25) is 0 Å². The van der Waals surface area contributed by atoms with Gasteiger partial charge in [0.25, 0.3) is 0 Å². The van der Waals surface area contributed by atoms with Gasteiger partial charge in [0.1, 0.15) is 5.75 Å². The predicted octanol–water partition coefficient (Wildman–Crippen LogP) is 4.70. The Labute approximate surface area is 113 Å². The Bertz CT molecular complexity index is 544. The zero-order valence-electron chi connectivity index (χ0n) is 11.3. The Morgan fingerprint density at radius 2 is 1.61 bits per heavy atom. The standard InChI is InChI=1S/C16H18OS/c1-11-5-10-15(12(2)16(11)17-3)13-6-8-14(18-4)9-7-13/h5-10H,1-4H3. The van der Waals surface area contributed by atoms with Gasteiger partial charge in [-0.25, -0.2) is 0 Å². The molecule has 0 aliphatic rings. The zero-order valence-corrected chi connectivity index (χ0v) is 12.1. The fourth-order valence-electron chi connectivity index (χ4n) is 2.22. The minimum absolute atomic E-state index is 0.987. The van der Waals surface area contributed by atoms with Crippen LogP contribution in [0.5, 0.6) is 5.75 Å². The molecule has 0 saturated carbocycles. The number of rotatable bonds is 3.